The Morgan fingerprint density at radius 2 is 2.40 bits per heavy atom. The number of nitrogens with two attached hydrogens (primary N) is 1. The van der Waals surface area contributed by atoms with Gasteiger partial charge in [0.15, 0.2) is 6.61 Å². The zero-order valence-corrected chi connectivity index (χ0v) is 8.57. The molecule has 1 aliphatic rings. The molecule has 3 nitrogen and oxygen atoms in total. The Morgan fingerprint density at radius 1 is 1.53 bits per heavy atom. The molecule has 0 saturated carbocycles. The minimum Gasteiger partial charge on any atom is -0.479 e. The van der Waals surface area contributed by atoms with E-state index in [1.54, 1.807) is 0 Å². The summed E-state index contributed by atoms with van der Waals surface area (Å²) in [6.45, 7) is 0.0913. The molecule has 0 fully saturated rings. The first-order valence-electron chi connectivity index (χ1n) is 5.19. The average molecular weight is 202 g/mol. The summed E-state index contributed by atoms with van der Waals surface area (Å²) in [4.78, 5) is 0. The normalized spacial score (nSPS) is 19.1. The number of fused-ring (bicyclic) bond motifs is 1. The van der Waals surface area contributed by atoms with Crippen molar-refractivity contribution in [2.24, 2.45) is 5.73 Å². The van der Waals surface area contributed by atoms with Crippen molar-refractivity contribution in [3.63, 3.8) is 0 Å². The van der Waals surface area contributed by atoms with Crippen LogP contribution in [0.2, 0.25) is 0 Å². The van der Waals surface area contributed by atoms with Crippen molar-refractivity contribution in [1.82, 2.24) is 0 Å². The molecule has 0 spiro atoms. The topological polar surface area (TPSA) is 59.0 Å². The molecule has 0 radical (unpaired) electrons. The fourth-order valence-corrected chi connectivity index (χ4v) is 2.02. The van der Waals surface area contributed by atoms with Crippen molar-refractivity contribution in [1.29, 1.82) is 5.26 Å². The lowest BCUT2D eigenvalue weighted by Gasteiger charge is -2.22. The number of nitriles is 1. The first-order valence-corrected chi connectivity index (χ1v) is 5.19. The second-order valence-electron chi connectivity index (χ2n) is 3.81. The third-order valence-electron chi connectivity index (χ3n) is 2.78. The van der Waals surface area contributed by atoms with Gasteiger partial charge in [0, 0.05) is 6.04 Å². The predicted molar refractivity (Wildman–Crippen MR) is 57.4 cm³/mol. The van der Waals surface area contributed by atoms with Crippen LogP contribution in [0.4, 0.5) is 0 Å². The Kier molecular flexibility index (Phi) is 2.89. The standard InChI is InChI=1S/C12H14N2O/c13-6-7-15-10-5-4-9-2-1-3-12(14)11(9)8-10/h4-5,8,12H,1-3,7,14H2/t12-/m1/s1. The van der Waals surface area contributed by atoms with Crippen LogP contribution in [-0.4, -0.2) is 6.61 Å². The molecule has 1 aromatic rings. The van der Waals surface area contributed by atoms with Gasteiger partial charge < -0.3 is 10.5 Å². The summed E-state index contributed by atoms with van der Waals surface area (Å²) < 4.78 is 5.25. The second-order valence-corrected chi connectivity index (χ2v) is 3.81. The summed E-state index contributed by atoms with van der Waals surface area (Å²) >= 11 is 0. The highest BCUT2D eigenvalue weighted by Gasteiger charge is 2.16. The molecule has 0 unspecified atom stereocenters. The zero-order valence-electron chi connectivity index (χ0n) is 8.57. The van der Waals surface area contributed by atoms with Crippen LogP contribution in [0.5, 0.6) is 5.75 Å². The quantitative estimate of drug-likeness (QED) is 0.797. The highest BCUT2D eigenvalue weighted by Crippen LogP contribution is 2.30. The summed E-state index contributed by atoms with van der Waals surface area (Å²) in [7, 11) is 0. The van der Waals surface area contributed by atoms with E-state index in [-0.39, 0.29) is 12.6 Å². The molecule has 0 aromatic heterocycles. The van der Waals surface area contributed by atoms with Crippen molar-refractivity contribution >= 4 is 0 Å². The summed E-state index contributed by atoms with van der Waals surface area (Å²) in [5.74, 6) is 0.743. The Morgan fingerprint density at radius 3 is 3.20 bits per heavy atom. The van der Waals surface area contributed by atoms with Crippen LogP contribution in [0.25, 0.3) is 0 Å². The third-order valence-corrected chi connectivity index (χ3v) is 2.78. The van der Waals surface area contributed by atoms with Crippen LogP contribution in [0.3, 0.4) is 0 Å². The van der Waals surface area contributed by atoms with Crippen molar-refractivity contribution in [2.45, 2.75) is 25.3 Å². The van der Waals surface area contributed by atoms with Crippen LogP contribution in [0, 0.1) is 11.3 Å². The van der Waals surface area contributed by atoms with Gasteiger partial charge in [-0.25, -0.2) is 0 Å². The number of hydrogen-bond acceptors (Lipinski definition) is 3. The summed E-state index contributed by atoms with van der Waals surface area (Å²) in [6.07, 6.45) is 3.29. The van der Waals surface area contributed by atoms with E-state index in [1.807, 2.05) is 18.2 Å². The van der Waals surface area contributed by atoms with Gasteiger partial charge in [-0.2, -0.15) is 5.26 Å². The molecular weight excluding hydrogens is 188 g/mol. The summed E-state index contributed by atoms with van der Waals surface area (Å²) in [5, 5.41) is 8.42. The Labute approximate surface area is 89.5 Å². The molecule has 1 aromatic carbocycles. The number of aryl methyl sites for hydroxylation is 1. The largest absolute Gasteiger partial charge is 0.479 e. The molecule has 1 aliphatic carbocycles. The van der Waals surface area contributed by atoms with Crippen LogP contribution in [0.1, 0.15) is 30.0 Å². The average Bonchev–Trinajstić information content (AvgIpc) is 2.27. The molecule has 1 atom stereocenters. The molecule has 0 amide bonds. The fourth-order valence-electron chi connectivity index (χ4n) is 2.02. The van der Waals surface area contributed by atoms with Crippen molar-refractivity contribution in [2.75, 3.05) is 6.61 Å². The van der Waals surface area contributed by atoms with E-state index in [4.69, 9.17) is 15.7 Å². The first-order chi connectivity index (χ1) is 7.31. The van der Waals surface area contributed by atoms with E-state index in [2.05, 4.69) is 6.07 Å². The predicted octanol–water partition coefficient (Wildman–Crippen LogP) is 1.93. The zero-order chi connectivity index (χ0) is 10.7. The molecule has 3 heteroatoms. The van der Waals surface area contributed by atoms with E-state index in [0.29, 0.717) is 0 Å². The van der Waals surface area contributed by atoms with Crippen molar-refractivity contribution in [3.05, 3.63) is 29.3 Å². The van der Waals surface area contributed by atoms with Gasteiger partial charge in [0.05, 0.1) is 0 Å². The fraction of sp³-hybridized carbons (Fsp3) is 0.417. The highest BCUT2D eigenvalue weighted by molar-refractivity contribution is 5.39. The van der Waals surface area contributed by atoms with E-state index in [9.17, 15) is 0 Å². The van der Waals surface area contributed by atoms with E-state index < -0.39 is 0 Å². The van der Waals surface area contributed by atoms with Gasteiger partial charge in [-0.05, 0) is 42.5 Å². The van der Waals surface area contributed by atoms with Crippen molar-refractivity contribution in [3.8, 4) is 11.8 Å². The maximum absolute atomic E-state index is 8.42. The second kappa shape index (κ2) is 4.33. The molecule has 0 bridgehead atoms. The van der Waals surface area contributed by atoms with Crippen LogP contribution < -0.4 is 10.5 Å². The monoisotopic (exact) mass is 202 g/mol. The maximum Gasteiger partial charge on any atom is 0.174 e. The van der Waals surface area contributed by atoms with E-state index >= 15 is 0 Å². The van der Waals surface area contributed by atoms with Crippen molar-refractivity contribution < 1.29 is 4.74 Å². The van der Waals surface area contributed by atoms with Gasteiger partial charge in [0.1, 0.15) is 11.8 Å². The lowest BCUT2D eigenvalue weighted by molar-refractivity contribution is 0.366. The van der Waals surface area contributed by atoms with Gasteiger partial charge in [0.25, 0.3) is 0 Å². The van der Waals surface area contributed by atoms with Gasteiger partial charge in [-0.1, -0.05) is 6.07 Å². The highest BCUT2D eigenvalue weighted by atomic mass is 16.5. The van der Waals surface area contributed by atoms with Gasteiger partial charge in [0.2, 0.25) is 0 Å². The lowest BCUT2D eigenvalue weighted by Crippen LogP contribution is -2.17. The van der Waals surface area contributed by atoms with E-state index in [1.165, 1.54) is 11.1 Å². The Bertz CT molecular complexity index is 395. The number of benzene rings is 1. The maximum atomic E-state index is 8.42. The molecule has 0 aliphatic heterocycles. The molecule has 78 valence electrons. The molecule has 2 N–H and O–H groups in total. The Hall–Kier alpha value is -1.53. The van der Waals surface area contributed by atoms with Gasteiger partial charge in [-0.3, -0.25) is 0 Å². The molecule has 15 heavy (non-hydrogen) atoms. The minimum absolute atomic E-state index is 0.0913. The minimum atomic E-state index is 0.0913. The first kappa shape index (κ1) is 10.0. The number of nitrogens with zero attached hydrogens (tertiary/aromatic N) is 1. The molecular formula is C12H14N2O. The molecule has 2 rings (SSSR count). The van der Waals surface area contributed by atoms with Crippen LogP contribution in [-0.2, 0) is 6.42 Å². The third kappa shape index (κ3) is 2.11. The Balaban J connectivity index is 2.24. The number of ether oxygens (including phenoxy) is 1. The van der Waals surface area contributed by atoms with Gasteiger partial charge in [-0.15, -0.1) is 0 Å². The summed E-state index contributed by atoms with van der Waals surface area (Å²) in [5.41, 5.74) is 8.52. The van der Waals surface area contributed by atoms with Crippen LogP contribution in [0.15, 0.2) is 18.2 Å². The summed E-state index contributed by atoms with van der Waals surface area (Å²) in [6, 6.07) is 8.01. The number of rotatable bonds is 2. The lowest BCUT2D eigenvalue weighted by atomic mass is 9.88. The van der Waals surface area contributed by atoms with Gasteiger partial charge >= 0.3 is 0 Å². The number of hydrogen-bond donors (Lipinski definition) is 1. The van der Waals surface area contributed by atoms with E-state index in [0.717, 1.165) is 25.0 Å². The molecule has 0 saturated heterocycles. The smallest absolute Gasteiger partial charge is 0.174 e. The SMILES string of the molecule is N#CCOc1ccc2c(c1)[C@H](N)CCC2. The van der Waals surface area contributed by atoms with Crippen LogP contribution >= 0.6 is 0 Å². The molecule has 0 heterocycles.